The molecule has 0 aromatic heterocycles. The maximum Gasteiger partial charge on any atom is 0.261 e. The van der Waals surface area contributed by atoms with Gasteiger partial charge in [0.1, 0.15) is 0 Å². The molecule has 0 bridgehead atoms. The fourth-order valence-electron chi connectivity index (χ4n) is 2.97. The molecule has 1 aliphatic heterocycles. The summed E-state index contributed by atoms with van der Waals surface area (Å²) in [6.07, 6.45) is 1.14. The number of hydrogen-bond donors (Lipinski definition) is 1. The Labute approximate surface area is 162 Å². The third kappa shape index (κ3) is 4.54. The van der Waals surface area contributed by atoms with Crippen molar-refractivity contribution in [2.45, 2.75) is 19.3 Å². The minimum absolute atomic E-state index is 0.164. The Morgan fingerprint density at radius 1 is 0.964 bits per heavy atom. The quantitative estimate of drug-likeness (QED) is 0.533. The summed E-state index contributed by atoms with van der Waals surface area (Å²) in [6, 6.07) is 12.8. The highest BCUT2D eigenvalue weighted by atomic mass is 19.1. The van der Waals surface area contributed by atoms with E-state index in [2.05, 4.69) is 5.32 Å². The van der Waals surface area contributed by atoms with Crippen molar-refractivity contribution in [3.63, 3.8) is 0 Å². The van der Waals surface area contributed by atoms with Gasteiger partial charge in [-0.2, -0.15) is 0 Å². The molecule has 2 aromatic carbocycles. The van der Waals surface area contributed by atoms with Gasteiger partial charge >= 0.3 is 0 Å². The molecule has 3 rings (SSSR count). The number of carbonyl (C=O) groups is 3. The smallest absolute Gasteiger partial charge is 0.261 e. The second-order valence-corrected chi connectivity index (χ2v) is 6.39. The molecule has 0 atom stereocenters. The molecular formula is C21H21FN2O4. The van der Waals surface area contributed by atoms with Gasteiger partial charge in [0.2, 0.25) is 5.91 Å². The van der Waals surface area contributed by atoms with Crippen LogP contribution in [0.3, 0.4) is 0 Å². The average molecular weight is 384 g/mol. The summed E-state index contributed by atoms with van der Waals surface area (Å²) >= 11 is 0. The Morgan fingerprint density at radius 3 is 2.29 bits per heavy atom. The van der Waals surface area contributed by atoms with Crippen LogP contribution < -0.4 is 10.1 Å². The Balaban J connectivity index is 1.32. The minimum Gasteiger partial charge on any atom is -0.490 e. The number of para-hydroxylation sites is 1. The van der Waals surface area contributed by atoms with Crippen LogP contribution in [0.1, 0.15) is 40.0 Å². The molecule has 2 aromatic rings. The van der Waals surface area contributed by atoms with Crippen LogP contribution >= 0.6 is 0 Å². The van der Waals surface area contributed by atoms with E-state index in [0.717, 1.165) is 0 Å². The first kappa shape index (κ1) is 19.5. The van der Waals surface area contributed by atoms with Gasteiger partial charge in [-0.05, 0) is 37.1 Å². The lowest BCUT2D eigenvalue weighted by Crippen LogP contribution is -2.32. The maximum atomic E-state index is 13.4. The SMILES string of the molecule is O=C(CCCN1C(=O)c2ccccc2C1=O)NCCCOc1ccccc1F. The Kier molecular flexibility index (Phi) is 6.37. The van der Waals surface area contributed by atoms with Crippen LogP contribution in [0.2, 0.25) is 0 Å². The number of ether oxygens (including phenoxy) is 1. The van der Waals surface area contributed by atoms with Crippen molar-refractivity contribution in [3.8, 4) is 5.75 Å². The van der Waals surface area contributed by atoms with E-state index in [1.54, 1.807) is 42.5 Å². The molecule has 0 fully saturated rings. The first-order valence-corrected chi connectivity index (χ1v) is 9.17. The molecule has 0 unspecified atom stereocenters. The fourth-order valence-corrected chi connectivity index (χ4v) is 2.97. The first-order chi connectivity index (χ1) is 13.6. The molecule has 1 heterocycles. The minimum atomic E-state index is -0.417. The monoisotopic (exact) mass is 384 g/mol. The van der Waals surface area contributed by atoms with Crippen LogP contribution in [0.4, 0.5) is 4.39 Å². The number of halogens is 1. The lowest BCUT2D eigenvalue weighted by atomic mass is 10.1. The van der Waals surface area contributed by atoms with Crippen molar-refractivity contribution < 1.29 is 23.5 Å². The largest absolute Gasteiger partial charge is 0.490 e. The van der Waals surface area contributed by atoms with Crippen molar-refractivity contribution in [1.82, 2.24) is 10.2 Å². The zero-order valence-electron chi connectivity index (χ0n) is 15.3. The molecule has 0 saturated heterocycles. The normalized spacial score (nSPS) is 12.8. The van der Waals surface area contributed by atoms with Crippen LogP contribution in [-0.4, -0.2) is 42.3 Å². The van der Waals surface area contributed by atoms with Crippen molar-refractivity contribution in [1.29, 1.82) is 0 Å². The number of fused-ring (bicyclic) bond motifs is 1. The number of nitrogens with one attached hydrogen (secondary N) is 1. The summed E-state index contributed by atoms with van der Waals surface area (Å²) in [5.41, 5.74) is 0.818. The number of carbonyl (C=O) groups excluding carboxylic acids is 3. The molecule has 146 valence electrons. The Morgan fingerprint density at radius 2 is 1.61 bits per heavy atom. The lowest BCUT2D eigenvalue weighted by molar-refractivity contribution is -0.121. The lowest BCUT2D eigenvalue weighted by Gasteiger charge is -2.13. The van der Waals surface area contributed by atoms with E-state index in [1.165, 1.54) is 11.0 Å². The van der Waals surface area contributed by atoms with Gasteiger partial charge < -0.3 is 10.1 Å². The summed E-state index contributed by atoms with van der Waals surface area (Å²) in [5, 5.41) is 2.75. The topological polar surface area (TPSA) is 75.7 Å². The molecule has 1 aliphatic rings. The molecule has 7 heteroatoms. The standard InChI is InChI=1S/C21H21FN2O4/c22-17-9-3-4-10-18(17)28-14-6-12-23-19(25)11-5-13-24-20(26)15-7-1-2-8-16(15)21(24)27/h1-4,7-10H,5-6,11-14H2,(H,23,25). The molecule has 3 amide bonds. The van der Waals surface area contributed by atoms with Gasteiger partial charge in [-0.1, -0.05) is 24.3 Å². The van der Waals surface area contributed by atoms with E-state index in [4.69, 9.17) is 4.74 Å². The van der Waals surface area contributed by atoms with Gasteiger partial charge in [0, 0.05) is 19.5 Å². The van der Waals surface area contributed by atoms with Crippen molar-refractivity contribution in [2.75, 3.05) is 19.7 Å². The number of benzene rings is 2. The zero-order chi connectivity index (χ0) is 19.9. The van der Waals surface area contributed by atoms with Gasteiger partial charge in [0.05, 0.1) is 17.7 Å². The number of rotatable bonds is 9. The van der Waals surface area contributed by atoms with Gasteiger partial charge in [-0.25, -0.2) is 4.39 Å². The van der Waals surface area contributed by atoms with Gasteiger partial charge in [-0.15, -0.1) is 0 Å². The predicted octanol–water partition coefficient (Wildman–Crippen LogP) is 2.79. The highest BCUT2D eigenvalue weighted by molar-refractivity contribution is 6.21. The molecule has 0 saturated carbocycles. The van der Waals surface area contributed by atoms with Crippen LogP contribution in [0.15, 0.2) is 48.5 Å². The van der Waals surface area contributed by atoms with Crippen LogP contribution in [0.5, 0.6) is 5.75 Å². The van der Waals surface area contributed by atoms with E-state index in [0.29, 0.717) is 30.5 Å². The summed E-state index contributed by atoms with van der Waals surface area (Å²) in [4.78, 5) is 37.5. The highest BCUT2D eigenvalue weighted by Gasteiger charge is 2.34. The van der Waals surface area contributed by atoms with Crippen LogP contribution in [0.25, 0.3) is 0 Å². The average Bonchev–Trinajstić information content (AvgIpc) is 2.94. The van der Waals surface area contributed by atoms with E-state index in [1.807, 2.05) is 0 Å². The molecule has 28 heavy (non-hydrogen) atoms. The van der Waals surface area contributed by atoms with Gasteiger partial charge in [0.25, 0.3) is 11.8 Å². The molecule has 0 aliphatic carbocycles. The third-order valence-electron chi connectivity index (χ3n) is 4.40. The van der Waals surface area contributed by atoms with Crippen molar-refractivity contribution in [2.24, 2.45) is 0 Å². The molecule has 6 nitrogen and oxygen atoms in total. The summed E-state index contributed by atoms with van der Waals surface area (Å²) in [7, 11) is 0. The predicted molar refractivity (Wildman–Crippen MR) is 101 cm³/mol. The van der Waals surface area contributed by atoms with E-state index < -0.39 is 5.82 Å². The van der Waals surface area contributed by atoms with E-state index in [9.17, 15) is 18.8 Å². The Hall–Kier alpha value is -3.22. The fraction of sp³-hybridized carbons (Fsp3) is 0.286. The van der Waals surface area contributed by atoms with Crippen LogP contribution in [0, 0.1) is 5.82 Å². The zero-order valence-corrected chi connectivity index (χ0v) is 15.3. The molecule has 0 spiro atoms. The summed E-state index contributed by atoms with van der Waals surface area (Å²) in [6.45, 7) is 0.896. The van der Waals surface area contributed by atoms with Crippen molar-refractivity contribution >= 4 is 17.7 Å². The number of nitrogens with zero attached hydrogens (tertiary/aromatic N) is 1. The highest BCUT2D eigenvalue weighted by Crippen LogP contribution is 2.22. The number of hydrogen-bond acceptors (Lipinski definition) is 4. The Bertz CT molecular complexity index is 849. The first-order valence-electron chi connectivity index (χ1n) is 9.17. The van der Waals surface area contributed by atoms with Gasteiger partial charge in [0.15, 0.2) is 11.6 Å². The van der Waals surface area contributed by atoms with E-state index in [-0.39, 0.29) is 43.0 Å². The third-order valence-corrected chi connectivity index (χ3v) is 4.40. The van der Waals surface area contributed by atoms with Crippen LogP contribution in [-0.2, 0) is 4.79 Å². The van der Waals surface area contributed by atoms with E-state index >= 15 is 0 Å². The second kappa shape index (κ2) is 9.12. The van der Waals surface area contributed by atoms with Gasteiger partial charge in [-0.3, -0.25) is 19.3 Å². The summed E-state index contributed by atoms with van der Waals surface area (Å²) in [5.74, 6) is -1.02. The number of amides is 3. The second-order valence-electron chi connectivity index (χ2n) is 6.39. The molecular weight excluding hydrogens is 363 g/mol. The summed E-state index contributed by atoms with van der Waals surface area (Å²) < 4.78 is 18.7. The maximum absolute atomic E-state index is 13.4. The van der Waals surface area contributed by atoms with Crippen molar-refractivity contribution in [3.05, 3.63) is 65.5 Å². The molecule has 0 radical (unpaired) electrons. The number of imide groups is 1. The molecule has 1 N–H and O–H groups in total.